The molecule has 1 amide bonds. The molecule has 1 aliphatic rings. The first-order chi connectivity index (χ1) is 14.6. The van der Waals surface area contributed by atoms with Crippen LogP contribution in [0.4, 0.5) is 17.1 Å². The van der Waals surface area contributed by atoms with Gasteiger partial charge in [0.05, 0.1) is 4.92 Å². The van der Waals surface area contributed by atoms with Crippen molar-refractivity contribution in [2.24, 2.45) is 0 Å². The lowest BCUT2D eigenvalue weighted by atomic mass is 10.1. The zero-order valence-electron chi connectivity index (χ0n) is 16.6. The highest BCUT2D eigenvalue weighted by Crippen LogP contribution is 2.30. The molecule has 0 radical (unpaired) electrons. The Morgan fingerprint density at radius 2 is 1.60 bits per heavy atom. The number of nitro benzene ring substituents is 1. The van der Waals surface area contributed by atoms with Crippen molar-refractivity contribution in [3.05, 3.63) is 100 Å². The van der Waals surface area contributed by atoms with E-state index in [0.29, 0.717) is 12.1 Å². The van der Waals surface area contributed by atoms with Gasteiger partial charge in [-0.3, -0.25) is 14.9 Å². The molecule has 0 spiro atoms. The normalized spacial score (nSPS) is 13.3. The van der Waals surface area contributed by atoms with E-state index in [1.165, 1.54) is 12.1 Å². The summed E-state index contributed by atoms with van der Waals surface area (Å²) in [6.07, 6.45) is 2.10. The molecule has 0 unspecified atom stereocenters. The van der Waals surface area contributed by atoms with Gasteiger partial charge in [0.15, 0.2) is 0 Å². The lowest BCUT2D eigenvalue weighted by Gasteiger charge is -2.26. The maximum atomic E-state index is 12.9. The number of rotatable bonds is 6. The minimum Gasteiger partial charge on any atom is -0.339 e. The van der Waals surface area contributed by atoms with E-state index in [4.69, 9.17) is 0 Å². The van der Waals surface area contributed by atoms with Crippen LogP contribution in [0.2, 0.25) is 0 Å². The number of likely N-dealkylation sites (tertiary alicyclic amines) is 1. The van der Waals surface area contributed by atoms with Crippen LogP contribution in [0.5, 0.6) is 0 Å². The second kappa shape index (κ2) is 8.78. The number of hydrogen-bond donors (Lipinski definition) is 0. The number of carbonyl (C=O) groups is 1. The summed E-state index contributed by atoms with van der Waals surface area (Å²) in [7, 11) is 0. The lowest BCUT2D eigenvalue weighted by Crippen LogP contribution is -2.27. The van der Waals surface area contributed by atoms with Crippen molar-refractivity contribution in [3.63, 3.8) is 0 Å². The highest BCUT2D eigenvalue weighted by molar-refractivity contribution is 5.95. The number of nitro groups is 1. The minimum atomic E-state index is -0.402. The van der Waals surface area contributed by atoms with Crippen LogP contribution in [-0.4, -0.2) is 28.8 Å². The van der Waals surface area contributed by atoms with Gasteiger partial charge in [0, 0.05) is 48.7 Å². The molecule has 4 rings (SSSR count). The molecule has 1 saturated heterocycles. The third kappa shape index (κ3) is 4.33. The first-order valence-corrected chi connectivity index (χ1v) is 10.1. The molecule has 152 valence electrons. The third-order valence-electron chi connectivity index (χ3n) is 5.35. The lowest BCUT2D eigenvalue weighted by molar-refractivity contribution is -0.384. The Hall–Kier alpha value is -3.67. The molecule has 0 atom stereocenters. The van der Waals surface area contributed by atoms with Gasteiger partial charge in [-0.2, -0.15) is 0 Å². The fourth-order valence-corrected chi connectivity index (χ4v) is 3.76. The van der Waals surface area contributed by atoms with Crippen LogP contribution in [0.3, 0.4) is 0 Å². The van der Waals surface area contributed by atoms with E-state index in [0.717, 1.165) is 42.9 Å². The molecule has 0 aliphatic carbocycles. The maximum Gasteiger partial charge on any atom is 0.269 e. The summed E-state index contributed by atoms with van der Waals surface area (Å²) >= 11 is 0. The number of hydrogen-bond acceptors (Lipinski definition) is 4. The van der Waals surface area contributed by atoms with Gasteiger partial charge in [0.1, 0.15) is 0 Å². The van der Waals surface area contributed by atoms with Crippen LogP contribution in [-0.2, 0) is 6.54 Å². The Labute approximate surface area is 175 Å². The van der Waals surface area contributed by atoms with E-state index in [9.17, 15) is 14.9 Å². The van der Waals surface area contributed by atoms with Crippen LogP contribution in [0.15, 0.2) is 78.9 Å². The summed E-state index contributed by atoms with van der Waals surface area (Å²) in [5.74, 6) is 0.0534. The molecule has 1 fully saturated rings. The molecule has 3 aromatic carbocycles. The van der Waals surface area contributed by atoms with Crippen molar-refractivity contribution in [3.8, 4) is 0 Å². The van der Waals surface area contributed by atoms with Crippen molar-refractivity contribution in [2.75, 3.05) is 18.0 Å². The van der Waals surface area contributed by atoms with Gasteiger partial charge in [0.2, 0.25) is 0 Å². The molecule has 0 N–H and O–H groups in total. The van der Waals surface area contributed by atoms with E-state index in [1.807, 2.05) is 59.5 Å². The summed E-state index contributed by atoms with van der Waals surface area (Å²) in [5, 5.41) is 11.0. The molecule has 6 heteroatoms. The summed E-state index contributed by atoms with van der Waals surface area (Å²) in [6.45, 7) is 2.19. The van der Waals surface area contributed by atoms with Crippen LogP contribution < -0.4 is 4.90 Å². The number of anilines is 2. The van der Waals surface area contributed by atoms with Crippen molar-refractivity contribution in [2.45, 2.75) is 19.4 Å². The number of nitrogens with zero attached hydrogens (tertiary/aromatic N) is 3. The largest absolute Gasteiger partial charge is 0.339 e. The number of benzene rings is 3. The average molecular weight is 401 g/mol. The van der Waals surface area contributed by atoms with Crippen LogP contribution in [0.1, 0.15) is 28.8 Å². The van der Waals surface area contributed by atoms with Crippen LogP contribution in [0.25, 0.3) is 0 Å². The van der Waals surface area contributed by atoms with Gasteiger partial charge in [0.25, 0.3) is 11.6 Å². The van der Waals surface area contributed by atoms with Gasteiger partial charge in [-0.15, -0.1) is 0 Å². The molecular weight excluding hydrogens is 378 g/mol. The van der Waals surface area contributed by atoms with Crippen molar-refractivity contribution in [1.29, 1.82) is 0 Å². The fraction of sp³-hybridized carbons (Fsp3) is 0.208. The highest BCUT2D eigenvalue weighted by Gasteiger charge is 2.21. The topological polar surface area (TPSA) is 66.7 Å². The number of amides is 1. The second-order valence-corrected chi connectivity index (χ2v) is 7.39. The summed E-state index contributed by atoms with van der Waals surface area (Å²) in [4.78, 5) is 27.5. The predicted octanol–water partition coefficient (Wildman–Crippen LogP) is 5.17. The Morgan fingerprint density at radius 1 is 0.900 bits per heavy atom. The molecule has 0 bridgehead atoms. The zero-order valence-corrected chi connectivity index (χ0v) is 16.6. The Morgan fingerprint density at radius 3 is 2.27 bits per heavy atom. The molecule has 3 aromatic rings. The van der Waals surface area contributed by atoms with Gasteiger partial charge in [-0.1, -0.05) is 36.4 Å². The smallest absolute Gasteiger partial charge is 0.269 e. The van der Waals surface area contributed by atoms with E-state index in [2.05, 4.69) is 4.90 Å². The summed E-state index contributed by atoms with van der Waals surface area (Å²) in [5.41, 5.74) is 3.52. The number of carbonyl (C=O) groups excluding carboxylic acids is 1. The van der Waals surface area contributed by atoms with Gasteiger partial charge in [-0.25, -0.2) is 0 Å². The van der Waals surface area contributed by atoms with Gasteiger partial charge >= 0.3 is 0 Å². The van der Waals surface area contributed by atoms with E-state index < -0.39 is 4.92 Å². The Kier molecular flexibility index (Phi) is 5.75. The monoisotopic (exact) mass is 401 g/mol. The molecule has 0 saturated carbocycles. The van der Waals surface area contributed by atoms with Crippen LogP contribution in [0, 0.1) is 10.1 Å². The second-order valence-electron chi connectivity index (χ2n) is 7.39. The molecule has 30 heavy (non-hydrogen) atoms. The minimum absolute atomic E-state index is 0.0522. The first kappa shape index (κ1) is 19.6. The zero-order chi connectivity index (χ0) is 20.9. The van der Waals surface area contributed by atoms with Crippen molar-refractivity contribution >= 4 is 23.0 Å². The van der Waals surface area contributed by atoms with E-state index in [1.54, 1.807) is 12.1 Å². The molecule has 1 heterocycles. The quantitative estimate of drug-likeness (QED) is 0.422. The van der Waals surface area contributed by atoms with Gasteiger partial charge < -0.3 is 9.80 Å². The van der Waals surface area contributed by atoms with Crippen LogP contribution >= 0.6 is 0 Å². The third-order valence-corrected chi connectivity index (χ3v) is 5.35. The van der Waals surface area contributed by atoms with E-state index >= 15 is 0 Å². The molecule has 6 nitrogen and oxygen atoms in total. The SMILES string of the molecule is O=C(c1cccc(N(Cc2ccccc2)c2ccc([N+](=O)[O-])cc2)c1)N1CCCC1. The summed E-state index contributed by atoms with van der Waals surface area (Å²) in [6, 6.07) is 24.1. The standard InChI is InChI=1S/C24H23N3O3/c28-24(25-15-4-5-16-25)20-9-6-10-23(17-20)26(18-19-7-2-1-3-8-19)21-11-13-22(14-12-21)27(29)30/h1-3,6-14,17H,4-5,15-16,18H2. The Bertz CT molecular complexity index is 1030. The molecule has 0 aromatic heterocycles. The van der Waals surface area contributed by atoms with Crippen molar-refractivity contribution in [1.82, 2.24) is 4.90 Å². The maximum absolute atomic E-state index is 12.9. The van der Waals surface area contributed by atoms with Crippen molar-refractivity contribution < 1.29 is 9.72 Å². The fourth-order valence-electron chi connectivity index (χ4n) is 3.76. The highest BCUT2D eigenvalue weighted by atomic mass is 16.6. The first-order valence-electron chi connectivity index (χ1n) is 10.1. The molecular formula is C24H23N3O3. The number of non-ortho nitro benzene ring substituents is 1. The van der Waals surface area contributed by atoms with E-state index in [-0.39, 0.29) is 11.6 Å². The van der Waals surface area contributed by atoms with Gasteiger partial charge in [-0.05, 0) is 48.7 Å². The average Bonchev–Trinajstić information content (AvgIpc) is 3.33. The Balaban J connectivity index is 1.69. The summed E-state index contributed by atoms with van der Waals surface area (Å²) < 4.78 is 0. The predicted molar refractivity (Wildman–Crippen MR) is 117 cm³/mol. The molecule has 1 aliphatic heterocycles.